The summed E-state index contributed by atoms with van der Waals surface area (Å²) in [5.41, 5.74) is 3.03. The molecule has 36 heavy (non-hydrogen) atoms. The summed E-state index contributed by atoms with van der Waals surface area (Å²) in [6.45, 7) is 3.73. The van der Waals surface area contributed by atoms with Crippen molar-refractivity contribution in [1.29, 1.82) is 0 Å². The molecule has 0 aliphatic heterocycles. The molecule has 7 heteroatoms. The number of ether oxygens (including phenoxy) is 1. The van der Waals surface area contributed by atoms with E-state index in [1.807, 2.05) is 24.4 Å². The minimum absolute atomic E-state index is 0.00501. The van der Waals surface area contributed by atoms with E-state index in [1.165, 1.54) is 12.1 Å². The largest absolute Gasteiger partial charge is 0.383 e. The van der Waals surface area contributed by atoms with Crippen LogP contribution in [0.5, 0.6) is 0 Å². The third-order valence-corrected chi connectivity index (χ3v) is 6.45. The van der Waals surface area contributed by atoms with Crippen molar-refractivity contribution in [3.63, 3.8) is 0 Å². The lowest BCUT2D eigenvalue weighted by Gasteiger charge is -2.28. The number of hydrogen-bond donors (Lipinski definition) is 1. The fourth-order valence-electron chi connectivity index (χ4n) is 4.31. The van der Waals surface area contributed by atoms with Gasteiger partial charge in [-0.2, -0.15) is 0 Å². The first kappa shape index (κ1) is 27.4. The Morgan fingerprint density at radius 3 is 2.47 bits per heavy atom. The first-order valence-corrected chi connectivity index (χ1v) is 12.9. The highest BCUT2D eigenvalue weighted by atomic mass is 19.1. The van der Waals surface area contributed by atoms with Gasteiger partial charge in [0.05, 0.1) is 13.2 Å². The van der Waals surface area contributed by atoms with E-state index in [-0.39, 0.29) is 24.2 Å². The van der Waals surface area contributed by atoms with Gasteiger partial charge in [-0.05, 0) is 42.2 Å². The molecule has 3 rings (SSSR count). The van der Waals surface area contributed by atoms with Crippen LogP contribution >= 0.6 is 0 Å². The van der Waals surface area contributed by atoms with E-state index in [1.54, 1.807) is 29.0 Å². The Balaban J connectivity index is 1.72. The molecule has 0 unspecified atom stereocenters. The molecule has 0 saturated heterocycles. The SMILES string of the molecule is CCCCCCC(=O)N(CCOC)CC(=O)N(CCc1c[nH]c2ccccc12)Cc1ccc(F)cc1. The molecule has 3 aromatic rings. The van der Waals surface area contributed by atoms with Gasteiger partial charge in [0.25, 0.3) is 0 Å². The number of aromatic nitrogens is 1. The quantitative estimate of drug-likeness (QED) is 0.290. The highest BCUT2D eigenvalue weighted by molar-refractivity contribution is 5.85. The molecule has 2 amide bonds. The van der Waals surface area contributed by atoms with E-state index in [2.05, 4.69) is 18.0 Å². The Morgan fingerprint density at radius 1 is 0.944 bits per heavy atom. The van der Waals surface area contributed by atoms with Gasteiger partial charge in [-0.1, -0.05) is 56.5 Å². The molecule has 0 aliphatic rings. The molecule has 0 bridgehead atoms. The van der Waals surface area contributed by atoms with Gasteiger partial charge >= 0.3 is 0 Å². The van der Waals surface area contributed by atoms with Crippen LogP contribution in [0.25, 0.3) is 10.9 Å². The number of carbonyl (C=O) groups is 2. The average molecular weight is 496 g/mol. The van der Waals surface area contributed by atoms with Crippen LogP contribution < -0.4 is 0 Å². The van der Waals surface area contributed by atoms with E-state index in [4.69, 9.17) is 4.74 Å². The first-order chi connectivity index (χ1) is 17.5. The summed E-state index contributed by atoms with van der Waals surface area (Å²) in [6, 6.07) is 14.3. The number of nitrogens with one attached hydrogen (secondary N) is 1. The first-order valence-electron chi connectivity index (χ1n) is 12.9. The van der Waals surface area contributed by atoms with Crippen molar-refractivity contribution in [2.45, 2.75) is 52.0 Å². The van der Waals surface area contributed by atoms with Crippen LogP contribution in [0.4, 0.5) is 4.39 Å². The van der Waals surface area contributed by atoms with Crippen molar-refractivity contribution in [1.82, 2.24) is 14.8 Å². The lowest BCUT2D eigenvalue weighted by molar-refractivity contribution is -0.141. The fourth-order valence-corrected chi connectivity index (χ4v) is 4.31. The number of fused-ring (bicyclic) bond motifs is 1. The Hall–Kier alpha value is -3.19. The van der Waals surface area contributed by atoms with Gasteiger partial charge in [-0.3, -0.25) is 9.59 Å². The summed E-state index contributed by atoms with van der Waals surface area (Å²) in [6.07, 6.45) is 7.12. The molecule has 1 heterocycles. The lowest BCUT2D eigenvalue weighted by atomic mass is 10.1. The predicted octanol–water partition coefficient (Wildman–Crippen LogP) is 5.32. The number of carbonyl (C=O) groups excluding carboxylic acids is 2. The number of H-pyrrole nitrogens is 1. The van der Waals surface area contributed by atoms with Crippen LogP contribution in [0, 0.1) is 5.82 Å². The van der Waals surface area contributed by atoms with Crippen LogP contribution in [-0.4, -0.2) is 59.9 Å². The summed E-state index contributed by atoms with van der Waals surface area (Å²) in [4.78, 5) is 33.1. The van der Waals surface area contributed by atoms with Crippen molar-refractivity contribution in [3.05, 3.63) is 71.7 Å². The third-order valence-electron chi connectivity index (χ3n) is 6.45. The van der Waals surface area contributed by atoms with Crippen LogP contribution in [0.1, 0.15) is 50.2 Å². The van der Waals surface area contributed by atoms with Gasteiger partial charge < -0.3 is 19.5 Å². The van der Waals surface area contributed by atoms with E-state index in [9.17, 15) is 14.0 Å². The highest BCUT2D eigenvalue weighted by Crippen LogP contribution is 2.19. The van der Waals surface area contributed by atoms with Gasteiger partial charge in [0.1, 0.15) is 5.82 Å². The molecule has 1 N–H and O–H groups in total. The van der Waals surface area contributed by atoms with E-state index in [0.29, 0.717) is 39.1 Å². The van der Waals surface area contributed by atoms with Crippen LogP contribution in [-0.2, 0) is 27.3 Å². The summed E-state index contributed by atoms with van der Waals surface area (Å²) in [5, 5.41) is 1.13. The summed E-state index contributed by atoms with van der Waals surface area (Å²) >= 11 is 0. The predicted molar refractivity (Wildman–Crippen MR) is 141 cm³/mol. The Kier molecular flexibility index (Phi) is 11.0. The van der Waals surface area contributed by atoms with Gasteiger partial charge in [0.2, 0.25) is 11.8 Å². The second-order valence-electron chi connectivity index (χ2n) is 9.17. The number of amides is 2. The zero-order valence-corrected chi connectivity index (χ0v) is 21.5. The molecule has 0 fully saturated rings. The topological polar surface area (TPSA) is 65.6 Å². The normalized spacial score (nSPS) is 11.1. The van der Waals surface area contributed by atoms with Crippen molar-refractivity contribution in [2.75, 3.05) is 33.4 Å². The summed E-state index contributed by atoms with van der Waals surface area (Å²) in [7, 11) is 1.59. The Morgan fingerprint density at radius 2 is 1.72 bits per heavy atom. The number of aromatic amines is 1. The molecule has 194 valence electrons. The van der Waals surface area contributed by atoms with Crippen LogP contribution in [0.15, 0.2) is 54.7 Å². The molecule has 0 aliphatic carbocycles. The number of para-hydroxylation sites is 1. The maximum absolute atomic E-state index is 13.5. The molecular formula is C29H38FN3O3. The standard InChI is InChI=1S/C29H38FN3O3/c1-3-4-5-6-11-28(34)33(18-19-36-2)22-29(35)32(21-23-12-14-25(30)15-13-23)17-16-24-20-31-27-10-8-7-9-26(24)27/h7-10,12-15,20,31H,3-6,11,16-19,21-22H2,1-2H3. The van der Waals surface area contributed by atoms with Gasteiger partial charge in [0, 0.05) is 50.3 Å². The monoisotopic (exact) mass is 495 g/mol. The third kappa shape index (κ3) is 8.19. The summed E-state index contributed by atoms with van der Waals surface area (Å²) in [5.74, 6) is -0.457. The van der Waals surface area contributed by atoms with E-state index >= 15 is 0 Å². The highest BCUT2D eigenvalue weighted by Gasteiger charge is 2.22. The second-order valence-corrected chi connectivity index (χ2v) is 9.17. The second kappa shape index (κ2) is 14.4. The number of unbranched alkanes of at least 4 members (excludes halogenated alkanes) is 3. The van der Waals surface area contributed by atoms with Crippen molar-refractivity contribution >= 4 is 22.7 Å². The smallest absolute Gasteiger partial charge is 0.242 e. The van der Waals surface area contributed by atoms with Crippen LogP contribution in [0.2, 0.25) is 0 Å². The minimum Gasteiger partial charge on any atom is -0.383 e. The maximum atomic E-state index is 13.5. The van der Waals surface area contributed by atoms with E-state index < -0.39 is 0 Å². The number of hydrogen-bond acceptors (Lipinski definition) is 3. The van der Waals surface area contributed by atoms with Gasteiger partial charge in [-0.25, -0.2) is 4.39 Å². The number of halogens is 1. The maximum Gasteiger partial charge on any atom is 0.242 e. The zero-order chi connectivity index (χ0) is 25.8. The molecule has 0 saturated carbocycles. The molecule has 0 radical (unpaired) electrons. The average Bonchev–Trinajstić information content (AvgIpc) is 3.30. The van der Waals surface area contributed by atoms with Crippen molar-refractivity contribution in [3.8, 4) is 0 Å². The molecule has 1 aromatic heterocycles. The van der Waals surface area contributed by atoms with Crippen molar-refractivity contribution in [2.24, 2.45) is 0 Å². The molecular weight excluding hydrogens is 457 g/mol. The Bertz CT molecular complexity index is 1100. The van der Waals surface area contributed by atoms with Crippen LogP contribution in [0.3, 0.4) is 0 Å². The number of rotatable bonds is 15. The van der Waals surface area contributed by atoms with E-state index in [0.717, 1.165) is 47.7 Å². The number of methoxy groups -OCH3 is 1. The Labute approximate surface area is 213 Å². The fraction of sp³-hybridized carbons (Fsp3) is 0.448. The van der Waals surface area contributed by atoms with Gasteiger partial charge in [0.15, 0.2) is 0 Å². The van der Waals surface area contributed by atoms with Gasteiger partial charge in [-0.15, -0.1) is 0 Å². The minimum atomic E-state index is -0.310. The number of nitrogens with zero attached hydrogens (tertiary/aromatic N) is 2. The molecule has 0 atom stereocenters. The lowest BCUT2D eigenvalue weighted by Crippen LogP contribution is -2.44. The zero-order valence-electron chi connectivity index (χ0n) is 21.5. The molecule has 6 nitrogen and oxygen atoms in total. The molecule has 2 aromatic carbocycles. The number of benzene rings is 2. The summed E-state index contributed by atoms with van der Waals surface area (Å²) < 4.78 is 18.6. The van der Waals surface area contributed by atoms with Crippen molar-refractivity contribution < 1.29 is 18.7 Å². The molecule has 0 spiro atoms.